The number of ether oxygens (including phenoxy) is 1. The number of hydrogen-bond acceptors (Lipinski definition) is 5. The summed E-state index contributed by atoms with van der Waals surface area (Å²) in [6.45, 7) is 8.11. The second-order valence-corrected chi connectivity index (χ2v) is 6.63. The van der Waals surface area contributed by atoms with E-state index in [4.69, 9.17) is 22.7 Å². The molecule has 0 aliphatic carbocycles. The summed E-state index contributed by atoms with van der Waals surface area (Å²) in [6, 6.07) is 3.68. The monoisotopic (exact) mass is 322 g/mol. The standard InChI is InChI=1S/C15H22N4O2S/c1-15(2,3)21-14(20)19-9-7-18(8-10-19)13-11(12(16)22)5-4-6-17-13/h4-6H,7-10H2,1-3H3,(H2,16,22). The van der Waals surface area contributed by atoms with Crippen LogP contribution in [0.1, 0.15) is 26.3 Å². The van der Waals surface area contributed by atoms with Gasteiger partial charge >= 0.3 is 6.09 Å². The lowest BCUT2D eigenvalue weighted by Crippen LogP contribution is -2.50. The van der Waals surface area contributed by atoms with Gasteiger partial charge in [0.2, 0.25) is 0 Å². The van der Waals surface area contributed by atoms with Gasteiger partial charge in [-0.25, -0.2) is 9.78 Å². The number of nitrogens with two attached hydrogens (primary N) is 1. The molecule has 0 aromatic carbocycles. The van der Waals surface area contributed by atoms with Gasteiger partial charge in [-0.2, -0.15) is 0 Å². The van der Waals surface area contributed by atoms with E-state index in [0.717, 1.165) is 11.4 Å². The first-order chi connectivity index (χ1) is 10.3. The molecule has 1 amide bonds. The highest BCUT2D eigenvalue weighted by molar-refractivity contribution is 7.80. The summed E-state index contributed by atoms with van der Waals surface area (Å²) >= 11 is 5.07. The number of hydrogen-bond donors (Lipinski definition) is 1. The summed E-state index contributed by atoms with van der Waals surface area (Å²) in [4.78, 5) is 20.6. The lowest BCUT2D eigenvalue weighted by Gasteiger charge is -2.36. The third kappa shape index (κ3) is 4.07. The maximum atomic E-state index is 12.1. The van der Waals surface area contributed by atoms with Gasteiger partial charge in [0.25, 0.3) is 0 Å². The number of carbonyl (C=O) groups excluding carboxylic acids is 1. The Morgan fingerprint density at radius 1 is 1.32 bits per heavy atom. The van der Waals surface area contributed by atoms with Gasteiger partial charge in [-0.3, -0.25) is 0 Å². The third-order valence-electron chi connectivity index (χ3n) is 3.28. The van der Waals surface area contributed by atoms with Crippen LogP contribution in [0.2, 0.25) is 0 Å². The quantitative estimate of drug-likeness (QED) is 0.837. The fraction of sp³-hybridized carbons (Fsp3) is 0.533. The molecular formula is C15H22N4O2S. The van der Waals surface area contributed by atoms with Gasteiger partial charge in [0, 0.05) is 32.4 Å². The fourth-order valence-corrected chi connectivity index (χ4v) is 2.43. The van der Waals surface area contributed by atoms with E-state index in [1.165, 1.54) is 0 Å². The Bertz CT molecular complexity index is 563. The smallest absolute Gasteiger partial charge is 0.410 e. The van der Waals surface area contributed by atoms with Crippen molar-refractivity contribution in [1.82, 2.24) is 9.88 Å². The first kappa shape index (κ1) is 16.5. The van der Waals surface area contributed by atoms with Crippen LogP contribution in [0.3, 0.4) is 0 Å². The molecule has 0 atom stereocenters. The second-order valence-electron chi connectivity index (χ2n) is 6.19. The molecule has 6 nitrogen and oxygen atoms in total. The number of piperazine rings is 1. The van der Waals surface area contributed by atoms with Gasteiger partial charge in [0.1, 0.15) is 16.4 Å². The summed E-state index contributed by atoms with van der Waals surface area (Å²) in [7, 11) is 0. The molecule has 1 aliphatic rings. The maximum Gasteiger partial charge on any atom is 0.410 e. The van der Waals surface area contributed by atoms with Crippen LogP contribution in [-0.2, 0) is 4.74 Å². The summed E-state index contributed by atoms with van der Waals surface area (Å²) in [6.07, 6.45) is 1.44. The largest absolute Gasteiger partial charge is 0.444 e. The normalized spacial score (nSPS) is 15.6. The van der Waals surface area contributed by atoms with Crippen LogP contribution in [0.4, 0.5) is 10.6 Å². The van der Waals surface area contributed by atoms with Crippen molar-refractivity contribution in [1.29, 1.82) is 0 Å². The van der Waals surface area contributed by atoms with Crippen LogP contribution in [0.5, 0.6) is 0 Å². The number of aromatic nitrogens is 1. The molecular weight excluding hydrogens is 300 g/mol. The zero-order valence-corrected chi connectivity index (χ0v) is 14.0. The molecule has 1 aromatic heterocycles. The molecule has 0 unspecified atom stereocenters. The lowest BCUT2D eigenvalue weighted by atomic mass is 10.2. The van der Waals surface area contributed by atoms with Gasteiger partial charge in [0.05, 0.1) is 5.56 Å². The molecule has 0 bridgehead atoms. The van der Waals surface area contributed by atoms with Crippen molar-refractivity contribution < 1.29 is 9.53 Å². The number of anilines is 1. The first-order valence-electron chi connectivity index (χ1n) is 7.25. The Morgan fingerprint density at radius 2 is 1.95 bits per heavy atom. The molecule has 1 fully saturated rings. The highest BCUT2D eigenvalue weighted by atomic mass is 32.1. The number of nitrogens with zero attached hydrogens (tertiary/aromatic N) is 3. The SMILES string of the molecule is CC(C)(C)OC(=O)N1CCN(c2ncccc2C(N)=S)CC1. The van der Waals surface area contributed by atoms with E-state index in [0.29, 0.717) is 31.2 Å². The molecule has 1 aromatic rings. The Kier molecular flexibility index (Phi) is 4.85. The number of carbonyl (C=O) groups is 1. The molecule has 120 valence electrons. The van der Waals surface area contributed by atoms with E-state index in [-0.39, 0.29) is 6.09 Å². The van der Waals surface area contributed by atoms with Crippen molar-refractivity contribution in [2.24, 2.45) is 5.73 Å². The van der Waals surface area contributed by atoms with Crippen molar-refractivity contribution in [2.45, 2.75) is 26.4 Å². The van der Waals surface area contributed by atoms with Crippen LogP contribution in [0.25, 0.3) is 0 Å². The number of pyridine rings is 1. The van der Waals surface area contributed by atoms with E-state index in [9.17, 15) is 4.79 Å². The minimum atomic E-state index is -0.478. The van der Waals surface area contributed by atoms with Crippen LogP contribution < -0.4 is 10.6 Å². The third-order valence-corrected chi connectivity index (χ3v) is 3.50. The van der Waals surface area contributed by atoms with Gasteiger partial charge in [0.15, 0.2) is 0 Å². The fourth-order valence-electron chi connectivity index (χ4n) is 2.27. The molecule has 2 heterocycles. The minimum Gasteiger partial charge on any atom is -0.444 e. The molecule has 0 saturated carbocycles. The molecule has 0 radical (unpaired) electrons. The van der Waals surface area contributed by atoms with Crippen molar-refractivity contribution in [3.8, 4) is 0 Å². The molecule has 22 heavy (non-hydrogen) atoms. The Hall–Kier alpha value is -1.89. The summed E-state index contributed by atoms with van der Waals surface area (Å²) < 4.78 is 5.39. The highest BCUT2D eigenvalue weighted by Crippen LogP contribution is 2.19. The average molecular weight is 322 g/mol. The van der Waals surface area contributed by atoms with Gasteiger partial charge in [-0.1, -0.05) is 12.2 Å². The summed E-state index contributed by atoms with van der Waals surface area (Å²) in [5, 5.41) is 0. The van der Waals surface area contributed by atoms with Crippen molar-refractivity contribution in [3.05, 3.63) is 23.9 Å². The van der Waals surface area contributed by atoms with E-state index in [1.54, 1.807) is 11.1 Å². The van der Waals surface area contributed by atoms with E-state index >= 15 is 0 Å². The molecule has 2 rings (SSSR count). The molecule has 7 heteroatoms. The van der Waals surface area contributed by atoms with E-state index in [1.807, 2.05) is 32.9 Å². The van der Waals surface area contributed by atoms with E-state index < -0.39 is 5.60 Å². The topological polar surface area (TPSA) is 71.7 Å². The molecule has 1 saturated heterocycles. The van der Waals surface area contributed by atoms with Gasteiger partial charge in [-0.15, -0.1) is 0 Å². The Labute approximate surface area is 136 Å². The Balaban J connectivity index is 2.01. The van der Waals surface area contributed by atoms with Crippen LogP contribution in [0, 0.1) is 0 Å². The zero-order chi connectivity index (χ0) is 16.3. The average Bonchev–Trinajstić information content (AvgIpc) is 2.45. The molecule has 2 N–H and O–H groups in total. The predicted octanol–water partition coefficient (Wildman–Crippen LogP) is 1.77. The van der Waals surface area contributed by atoms with Gasteiger partial charge in [-0.05, 0) is 32.9 Å². The maximum absolute atomic E-state index is 12.1. The summed E-state index contributed by atoms with van der Waals surface area (Å²) in [5.41, 5.74) is 6.04. The summed E-state index contributed by atoms with van der Waals surface area (Å²) in [5.74, 6) is 0.777. The Morgan fingerprint density at radius 3 is 2.50 bits per heavy atom. The minimum absolute atomic E-state index is 0.275. The lowest BCUT2D eigenvalue weighted by molar-refractivity contribution is 0.0240. The van der Waals surface area contributed by atoms with Crippen molar-refractivity contribution >= 4 is 29.1 Å². The molecule has 1 aliphatic heterocycles. The number of thiocarbonyl (C=S) groups is 1. The second kappa shape index (κ2) is 6.48. The van der Waals surface area contributed by atoms with Crippen molar-refractivity contribution in [3.63, 3.8) is 0 Å². The first-order valence-corrected chi connectivity index (χ1v) is 7.66. The van der Waals surface area contributed by atoms with Crippen LogP contribution in [0.15, 0.2) is 18.3 Å². The zero-order valence-electron chi connectivity index (χ0n) is 13.2. The van der Waals surface area contributed by atoms with Crippen LogP contribution in [-0.4, -0.2) is 52.7 Å². The van der Waals surface area contributed by atoms with Crippen molar-refractivity contribution in [2.75, 3.05) is 31.1 Å². The highest BCUT2D eigenvalue weighted by Gasteiger charge is 2.27. The van der Waals surface area contributed by atoms with Gasteiger partial charge < -0.3 is 20.3 Å². The number of amides is 1. The van der Waals surface area contributed by atoms with Crippen LogP contribution >= 0.6 is 12.2 Å². The van der Waals surface area contributed by atoms with E-state index in [2.05, 4.69) is 9.88 Å². The predicted molar refractivity (Wildman–Crippen MR) is 90.1 cm³/mol. The number of rotatable bonds is 2. The molecule has 0 spiro atoms.